The van der Waals surface area contributed by atoms with E-state index in [9.17, 15) is 0 Å². The van der Waals surface area contributed by atoms with Crippen LogP contribution in [0, 0.1) is 0 Å². The summed E-state index contributed by atoms with van der Waals surface area (Å²) in [5.74, 6) is 0.999. The maximum atomic E-state index is 4.34. The molecular weight excluding hydrogens is 425 g/mol. The van der Waals surface area contributed by atoms with Crippen LogP contribution in [-0.2, 0) is 6.54 Å². The summed E-state index contributed by atoms with van der Waals surface area (Å²) in [4.78, 5) is 7.86. The molecule has 18 heavy (non-hydrogen) atoms. The molecule has 1 fully saturated rings. The lowest BCUT2D eigenvalue weighted by molar-refractivity contribution is 0.360. The Labute approximate surface area is 138 Å². The van der Waals surface area contributed by atoms with Gasteiger partial charge in [-0.15, -0.1) is 35.3 Å². The molecule has 0 unspecified atom stereocenters. The zero-order valence-electron chi connectivity index (χ0n) is 10.6. The SMILES string of the molecule is CN=C(NC1CCC1)N(C)Cc1ccc(Br)s1.I. The van der Waals surface area contributed by atoms with Crippen LogP contribution in [0.4, 0.5) is 0 Å². The largest absolute Gasteiger partial charge is 0.354 e. The van der Waals surface area contributed by atoms with Gasteiger partial charge in [-0.1, -0.05) is 0 Å². The van der Waals surface area contributed by atoms with Crippen LogP contribution in [0.15, 0.2) is 20.9 Å². The smallest absolute Gasteiger partial charge is 0.193 e. The molecule has 1 aromatic heterocycles. The van der Waals surface area contributed by atoms with Crippen molar-refractivity contribution in [2.75, 3.05) is 14.1 Å². The lowest BCUT2D eigenvalue weighted by Gasteiger charge is -2.31. The zero-order chi connectivity index (χ0) is 12.3. The van der Waals surface area contributed by atoms with Gasteiger partial charge in [0, 0.05) is 25.0 Å². The molecule has 1 saturated carbocycles. The van der Waals surface area contributed by atoms with E-state index in [1.165, 1.54) is 27.9 Å². The fourth-order valence-corrected chi connectivity index (χ4v) is 3.36. The van der Waals surface area contributed by atoms with Gasteiger partial charge in [-0.05, 0) is 47.3 Å². The highest BCUT2D eigenvalue weighted by atomic mass is 127. The summed E-state index contributed by atoms with van der Waals surface area (Å²) < 4.78 is 1.18. The Morgan fingerprint density at radius 1 is 1.56 bits per heavy atom. The van der Waals surface area contributed by atoms with Gasteiger partial charge in [0.1, 0.15) is 0 Å². The van der Waals surface area contributed by atoms with Gasteiger partial charge >= 0.3 is 0 Å². The third-order valence-corrected chi connectivity index (χ3v) is 4.64. The zero-order valence-corrected chi connectivity index (χ0v) is 15.4. The van der Waals surface area contributed by atoms with Crippen molar-refractivity contribution in [1.82, 2.24) is 10.2 Å². The topological polar surface area (TPSA) is 27.6 Å². The highest BCUT2D eigenvalue weighted by molar-refractivity contribution is 14.0. The molecule has 0 saturated heterocycles. The van der Waals surface area contributed by atoms with Crippen molar-refractivity contribution >= 4 is 57.2 Å². The molecule has 0 aliphatic heterocycles. The summed E-state index contributed by atoms with van der Waals surface area (Å²) in [6, 6.07) is 4.88. The summed E-state index contributed by atoms with van der Waals surface area (Å²) >= 11 is 5.27. The molecule has 1 aliphatic carbocycles. The molecule has 0 aromatic carbocycles. The molecule has 1 aliphatic rings. The van der Waals surface area contributed by atoms with Crippen LogP contribution in [-0.4, -0.2) is 31.0 Å². The number of aliphatic imine (C=N–C) groups is 1. The number of hydrogen-bond acceptors (Lipinski definition) is 2. The molecule has 2 rings (SSSR count). The molecule has 0 bridgehead atoms. The van der Waals surface area contributed by atoms with E-state index in [1.807, 2.05) is 7.05 Å². The van der Waals surface area contributed by atoms with Crippen molar-refractivity contribution in [1.29, 1.82) is 0 Å². The molecule has 1 heterocycles. The molecule has 6 heteroatoms. The van der Waals surface area contributed by atoms with Crippen molar-refractivity contribution in [3.05, 3.63) is 20.8 Å². The van der Waals surface area contributed by atoms with Crippen molar-refractivity contribution in [2.45, 2.75) is 31.8 Å². The van der Waals surface area contributed by atoms with Crippen molar-refractivity contribution in [3.8, 4) is 0 Å². The summed E-state index contributed by atoms with van der Waals surface area (Å²) in [7, 11) is 3.93. The first-order valence-corrected chi connectivity index (χ1v) is 7.48. The van der Waals surface area contributed by atoms with E-state index in [2.05, 4.69) is 50.3 Å². The molecule has 0 amide bonds. The fourth-order valence-electron chi connectivity index (χ4n) is 1.83. The van der Waals surface area contributed by atoms with Crippen LogP contribution >= 0.6 is 51.2 Å². The quantitative estimate of drug-likeness (QED) is 0.438. The van der Waals surface area contributed by atoms with E-state index >= 15 is 0 Å². The number of guanidine groups is 1. The van der Waals surface area contributed by atoms with Crippen molar-refractivity contribution < 1.29 is 0 Å². The molecule has 0 radical (unpaired) electrons. The van der Waals surface area contributed by atoms with E-state index in [0.717, 1.165) is 12.5 Å². The Hall–Kier alpha value is 0.180. The number of hydrogen-bond donors (Lipinski definition) is 1. The fraction of sp³-hybridized carbons (Fsp3) is 0.583. The molecule has 102 valence electrons. The lowest BCUT2D eigenvalue weighted by Crippen LogP contribution is -2.46. The number of thiophene rings is 1. The van der Waals surface area contributed by atoms with Gasteiger partial charge in [-0.25, -0.2) is 0 Å². The Balaban J connectivity index is 0.00000162. The van der Waals surface area contributed by atoms with Gasteiger partial charge in [0.15, 0.2) is 5.96 Å². The Kier molecular flexibility index (Phi) is 6.94. The normalized spacial score (nSPS) is 15.8. The number of nitrogens with zero attached hydrogens (tertiary/aromatic N) is 2. The minimum atomic E-state index is 0. The van der Waals surface area contributed by atoms with E-state index in [1.54, 1.807) is 11.3 Å². The second kappa shape index (κ2) is 7.69. The third kappa shape index (κ3) is 4.38. The number of rotatable bonds is 3. The first kappa shape index (κ1) is 16.2. The Morgan fingerprint density at radius 2 is 2.28 bits per heavy atom. The van der Waals surface area contributed by atoms with Gasteiger partial charge in [0.25, 0.3) is 0 Å². The predicted molar refractivity (Wildman–Crippen MR) is 93.0 cm³/mol. The van der Waals surface area contributed by atoms with Crippen molar-refractivity contribution in [2.24, 2.45) is 4.99 Å². The monoisotopic (exact) mass is 443 g/mol. The molecule has 3 nitrogen and oxygen atoms in total. The Bertz CT molecular complexity index is 404. The van der Waals surface area contributed by atoms with E-state index in [4.69, 9.17) is 0 Å². The second-order valence-corrected chi connectivity index (χ2v) is 6.93. The van der Waals surface area contributed by atoms with Gasteiger partial charge in [0.05, 0.1) is 10.3 Å². The number of nitrogens with one attached hydrogen (secondary N) is 1. The molecule has 0 spiro atoms. The van der Waals surface area contributed by atoms with Crippen LogP contribution in [0.2, 0.25) is 0 Å². The lowest BCUT2D eigenvalue weighted by atomic mass is 9.93. The maximum Gasteiger partial charge on any atom is 0.193 e. The Morgan fingerprint density at radius 3 is 2.72 bits per heavy atom. The van der Waals surface area contributed by atoms with Gasteiger partial charge in [-0.2, -0.15) is 0 Å². The third-order valence-electron chi connectivity index (χ3n) is 3.03. The minimum Gasteiger partial charge on any atom is -0.354 e. The minimum absolute atomic E-state index is 0. The van der Waals surface area contributed by atoms with Crippen LogP contribution in [0.25, 0.3) is 0 Å². The summed E-state index contributed by atoms with van der Waals surface area (Å²) in [6.07, 6.45) is 3.89. The standard InChI is InChI=1S/C12H18BrN3S.HI/c1-14-12(15-9-4-3-5-9)16(2)8-10-6-7-11(13)17-10;/h6-7,9H,3-5,8H2,1-2H3,(H,14,15);1H. The van der Waals surface area contributed by atoms with Gasteiger partial charge < -0.3 is 10.2 Å². The summed E-state index contributed by atoms with van der Waals surface area (Å²) in [5, 5.41) is 3.50. The van der Waals surface area contributed by atoms with Gasteiger partial charge in [0.2, 0.25) is 0 Å². The number of halogens is 2. The van der Waals surface area contributed by atoms with Crippen molar-refractivity contribution in [3.63, 3.8) is 0 Å². The van der Waals surface area contributed by atoms with E-state index in [0.29, 0.717) is 6.04 Å². The van der Waals surface area contributed by atoms with Crippen LogP contribution in [0.3, 0.4) is 0 Å². The van der Waals surface area contributed by atoms with E-state index in [-0.39, 0.29) is 24.0 Å². The van der Waals surface area contributed by atoms with Crippen LogP contribution in [0.5, 0.6) is 0 Å². The molecule has 1 N–H and O–H groups in total. The predicted octanol–water partition coefficient (Wildman–Crippen LogP) is 3.69. The maximum absolute atomic E-state index is 4.34. The summed E-state index contributed by atoms with van der Waals surface area (Å²) in [6.45, 7) is 0.905. The van der Waals surface area contributed by atoms with Crippen LogP contribution in [0.1, 0.15) is 24.1 Å². The highest BCUT2D eigenvalue weighted by Gasteiger charge is 2.19. The average molecular weight is 444 g/mol. The second-order valence-electron chi connectivity index (χ2n) is 4.38. The first-order valence-electron chi connectivity index (χ1n) is 5.87. The van der Waals surface area contributed by atoms with Gasteiger partial charge in [-0.3, -0.25) is 4.99 Å². The molecule has 0 atom stereocenters. The molecule has 1 aromatic rings. The van der Waals surface area contributed by atoms with E-state index < -0.39 is 0 Å². The summed E-state index contributed by atoms with van der Waals surface area (Å²) in [5.41, 5.74) is 0. The average Bonchev–Trinajstić information content (AvgIpc) is 2.62. The first-order chi connectivity index (χ1) is 8.19. The highest BCUT2D eigenvalue weighted by Crippen LogP contribution is 2.23. The molecular formula is C12H19BrIN3S. The van der Waals surface area contributed by atoms with Crippen LogP contribution < -0.4 is 5.32 Å².